The fourth-order valence-electron chi connectivity index (χ4n) is 6.65. The first-order valence-electron chi connectivity index (χ1n) is 16.1. The maximum atomic E-state index is 5.11. The maximum absolute atomic E-state index is 5.11. The van der Waals surface area contributed by atoms with Crippen LogP contribution >= 0.6 is 0 Å². The molecule has 0 aliphatic heterocycles. The summed E-state index contributed by atoms with van der Waals surface area (Å²) in [4.78, 5) is 19.8. The Morgan fingerprint density at radius 3 is 1.50 bits per heavy atom. The lowest BCUT2D eigenvalue weighted by atomic mass is 9.90. The van der Waals surface area contributed by atoms with Crippen molar-refractivity contribution < 1.29 is 0 Å². The molecule has 0 amide bonds. The number of hydrogen-bond donors (Lipinski definition) is 0. The monoisotopic (exact) mass is 612 g/mol. The lowest BCUT2D eigenvalue weighted by molar-refractivity contribution is 1.07. The van der Waals surface area contributed by atoms with Gasteiger partial charge >= 0.3 is 0 Å². The normalized spacial score (nSPS) is 11.3. The standard InChI is InChI=1S/C44H28N4/c1-3-13-29(14-4-1)42-46-43(30-15-5-2-6-16-30)48-44(47-42)34-26-32(36-23-24-45-41-22-12-11-21-39(36)41)25-33(27-34)40-28-31-17-7-8-18-35(31)37-19-9-10-20-38(37)40/h1-28H. The third-order valence-electron chi connectivity index (χ3n) is 8.93. The van der Waals surface area contributed by atoms with E-state index in [1.165, 1.54) is 21.5 Å². The number of fused-ring (bicyclic) bond motifs is 4. The second-order valence-corrected chi connectivity index (χ2v) is 11.9. The van der Waals surface area contributed by atoms with Crippen LogP contribution in [0.1, 0.15) is 0 Å². The van der Waals surface area contributed by atoms with Gasteiger partial charge in [-0.15, -0.1) is 0 Å². The third-order valence-corrected chi connectivity index (χ3v) is 8.93. The van der Waals surface area contributed by atoms with E-state index >= 15 is 0 Å². The van der Waals surface area contributed by atoms with E-state index < -0.39 is 0 Å². The van der Waals surface area contributed by atoms with E-state index in [4.69, 9.17) is 15.0 Å². The summed E-state index contributed by atoms with van der Waals surface area (Å²) in [5, 5.41) is 5.96. The third kappa shape index (κ3) is 4.97. The molecular weight excluding hydrogens is 585 g/mol. The smallest absolute Gasteiger partial charge is 0.164 e. The first kappa shape index (κ1) is 27.8. The average molecular weight is 613 g/mol. The van der Waals surface area contributed by atoms with Gasteiger partial charge in [0.15, 0.2) is 17.5 Å². The Labute approximate surface area is 278 Å². The Morgan fingerprint density at radius 2 is 0.812 bits per heavy atom. The van der Waals surface area contributed by atoms with Crippen molar-refractivity contribution in [1.82, 2.24) is 19.9 Å². The molecule has 224 valence electrons. The van der Waals surface area contributed by atoms with Crippen molar-refractivity contribution >= 4 is 32.4 Å². The van der Waals surface area contributed by atoms with Gasteiger partial charge in [0.2, 0.25) is 0 Å². The van der Waals surface area contributed by atoms with Gasteiger partial charge in [-0.3, -0.25) is 4.98 Å². The van der Waals surface area contributed by atoms with Crippen molar-refractivity contribution in [3.8, 4) is 56.4 Å². The van der Waals surface area contributed by atoms with Gasteiger partial charge in [-0.1, -0.05) is 127 Å². The molecule has 9 rings (SSSR count). The predicted octanol–water partition coefficient (Wildman–Crippen LogP) is 11.1. The number of hydrogen-bond acceptors (Lipinski definition) is 4. The zero-order valence-corrected chi connectivity index (χ0v) is 26.0. The van der Waals surface area contributed by atoms with Gasteiger partial charge in [-0.25, -0.2) is 15.0 Å². The van der Waals surface area contributed by atoms with E-state index in [-0.39, 0.29) is 0 Å². The molecular formula is C44H28N4. The zero-order valence-electron chi connectivity index (χ0n) is 26.0. The Bertz CT molecular complexity index is 2550. The van der Waals surface area contributed by atoms with Crippen molar-refractivity contribution in [2.24, 2.45) is 0 Å². The van der Waals surface area contributed by atoms with Crippen LogP contribution in [0.3, 0.4) is 0 Å². The second-order valence-electron chi connectivity index (χ2n) is 11.9. The van der Waals surface area contributed by atoms with Crippen molar-refractivity contribution in [2.45, 2.75) is 0 Å². The highest BCUT2D eigenvalue weighted by molar-refractivity contribution is 6.14. The molecule has 48 heavy (non-hydrogen) atoms. The molecule has 9 aromatic rings. The van der Waals surface area contributed by atoms with E-state index in [1.54, 1.807) is 0 Å². The van der Waals surface area contributed by atoms with Gasteiger partial charge < -0.3 is 0 Å². The maximum Gasteiger partial charge on any atom is 0.164 e. The molecule has 0 saturated carbocycles. The highest BCUT2D eigenvalue weighted by Crippen LogP contribution is 2.40. The van der Waals surface area contributed by atoms with Crippen molar-refractivity contribution in [1.29, 1.82) is 0 Å². The van der Waals surface area contributed by atoms with E-state index in [0.717, 1.165) is 49.8 Å². The minimum absolute atomic E-state index is 0.620. The summed E-state index contributed by atoms with van der Waals surface area (Å²) < 4.78 is 0. The summed E-state index contributed by atoms with van der Waals surface area (Å²) >= 11 is 0. The average Bonchev–Trinajstić information content (AvgIpc) is 3.17. The van der Waals surface area contributed by atoms with Crippen LogP contribution in [0, 0.1) is 0 Å². The number of rotatable bonds is 5. The molecule has 0 bridgehead atoms. The molecule has 0 radical (unpaired) electrons. The Morgan fingerprint density at radius 1 is 0.312 bits per heavy atom. The molecule has 2 aromatic heterocycles. The number of para-hydroxylation sites is 1. The Hall–Kier alpha value is -6.52. The largest absolute Gasteiger partial charge is 0.256 e. The molecule has 0 saturated heterocycles. The van der Waals surface area contributed by atoms with Crippen LogP contribution in [0.4, 0.5) is 0 Å². The first-order chi connectivity index (χ1) is 23.8. The SMILES string of the molecule is c1ccc(-c2nc(-c3ccccc3)nc(-c3cc(-c4ccnc5ccccc45)cc(-c4cc5ccccc5c5ccccc45)c3)n2)cc1. The summed E-state index contributed by atoms with van der Waals surface area (Å²) in [5.74, 6) is 1.89. The van der Waals surface area contributed by atoms with E-state index in [9.17, 15) is 0 Å². The molecule has 4 heteroatoms. The van der Waals surface area contributed by atoms with Gasteiger partial charge in [0.1, 0.15) is 0 Å². The highest BCUT2D eigenvalue weighted by atomic mass is 15.0. The summed E-state index contributed by atoms with van der Waals surface area (Å²) in [6.07, 6.45) is 1.89. The van der Waals surface area contributed by atoms with Crippen LogP contribution in [0.5, 0.6) is 0 Å². The lowest BCUT2D eigenvalue weighted by Crippen LogP contribution is -2.00. The van der Waals surface area contributed by atoms with Crippen LogP contribution in [0.2, 0.25) is 0 Å². The second kappa shape index (κ2) is 11.7. The number of pyridine rings is 1. The number of aromatic nitrogens is 4. The van der Waals surface area contributed by atoms with Crippen LogP contribution in [0.25, 0.3) is 88.9 Å². The molecule has 2 heterocycles. The summed E-state index contributed by atoms with van der Waals surface area (Å²) in [6, 6.07) is 56.9. The Kier molecular flexibility index (Phi) is 6.76. The fourth-order valence-corrected chi connectivity index (χ4v) is 6.65. The molecule has 0 aliphatic rings. The van der Waals surface area contributed by atoms with Gasteiger partial charge in [-0.2, -0.15) is 0 Å². The van der Waals surface area contributed by atoms with Crippen LogP contribution < -0.4 is 0 Å². The number of benzene rings is 7. The quantitative estimate of drug-likeness (QED) is 0.181. The van der Waals surface area contributed by atoms with Gasteiger partial charge in [0.25, 0.3) is 0 Å². The lowest BCUT2D eigenvalue weighted by Gasteiger charge is -2.15. The van der Waals surface area contributed by atoms with Gasteiger partial charge in [-0.05, 0) is 80.2 Å². The highest BCUT2D eigenvalue weighted by Gasteiger charge is 2.17. The fraction of sp³-hybridized carbons (Fsp3) is 0. The Balaban J connectivity index is 1.35. The van der Waals surface area contributed by atoms with E-state index in [1.807, 2.05) is 72.9 Å². The molecule has 0 aliphatic carbocycles. The molecule has 7 aromatic carbocycles. The molecule has 0 N–H and O–H groups in total. The molecule has 0 unspecified atom stereocenters. The van der Waals surface area contributed by atoms with Crippen LogP contribution in [-0.2, 0) is 0 Å². The first-order valence-corrected chi connectivity index (χ1v) is 16.1. The molecule has 0 atom stereocenters. The zero-order chi connectivity index (χ0) is 31.9. The van der Waals surface area contributed by atoms with E-state index in [2.05, 4.69) is 102 Å². The van der Waals surface area contributed by atoms with Crippen LogP contribution in [0.15, 0.2) is 170 Å². The number of nitrogens with zero attached hydrogens (tertiary/aromatic N) is 4. The van der Waals surface area contributed by atoms with Gasteiger partial charge in [0, 0.05) is 28.3 Å². The topological polar surface area (TPSA) is 51.6 Å². The van der Waals surface area contributed by atoms with Crippen molar-refractivity contribution in [2.75, 3.05) is 0 Å². The van der Waals surface area contributed by atoms with E-state index in [0.29, 0.717) is 17.5 Å². The summed E-state index contributed by atoms with van der Waals surface area (Å²) in [6.45, 7) is 0. The molecule has 0 fully saturated rings. The minimum atomic E-state index is 0.620. The predicted molar refractivity (Wildman–Crippen MR) is 197 cm³/mol. The summed E-state index contributed by atoms with van der Waals surface area (Å²) in [7, 11) is 0. The molecule has 0 spiro atoms. The molecule has 4 nitrogen and oxygen atoms in total. The van der Waals surface area contributed by atoms with Crippen LogP contribution in [-0.4, -0.2) is 19.9 Å². The van der Waals surface area contributed by atoms with Gasteiger partial charge in [0.05, 0.1) is 5.52 Å². The summed E-state index contributed by atoms with van der Waals surface area (Å²) in [5.41, 5.74) is 8.18. The van der Waals surface area contributed by atoms with Crippen molar-refractivity contribution in [3.05, 3.63) is 170 Å². The minimum Gasteiger partial charge on any atom is -0.256 e. The van der Waals surface area contributed by atoms with Crippen molar-refractivity contribution in [3.63, 3.8) is 0 Å².